The molecule has 82 valence electrons. The summed E-state index contributed by atoms with van der Waals surface area (Å²) in [6.07, 6.45) is 0. The summed E-state index contributed by atoms with van der Waals surface area (Å²) in [4.78, 5) is 11.1. The number of primary amides is 1. The molecular weight excluding hydrogens is 190 g/mol. The van der Waals surface area contributed by atoms with Crippen molar-refractivity contribution in [2.45, 2.75) is 6.92 Å². The van der Waals surface area contributed by atoms with Gasteiger partial charge in [0.1, 0.15) is 0 Å². The van der Waals surface area contributed by atoms with E-state index in [4.69, 9.17) is 5.73 Å². The van der Waals surface area contributed by atoms with Gasteiger partial charge in [-0.25, -0.2) is 0 Å². The monoisotopic (exact) mass is 207 g/mol. The zero-order chi connectivity index (χ0) is 11.1. The van der Waals surface area contributed by atoms with Gasteiger partial charge in [0, 0.05) is 18.8 Å². The maximum absolute atomic E-state index is 11.1. The van der Waals surface area contributed by atoms with E-state index in [0.717, 1.165) is 25.3 Å². The summed E-state index contributed by atoms with van der Waals surface area (Å²) in [5, 5.41) is 6.35. The van der Waals surface area contributed by atoms with E-state index in [-0.39, 0.29) is 0 Å². The van der Waals surface area contributed by atoms with Crippen LogP contribution in [0.3, 0.4) is 0 Å². The van der Waals surface area contributed by atoms with Crippen LogP contribution in [-0.4, -0.2) is 25.5 Å². The normalized spacial score (nSPS) is 9.93. The van der Waals surface area contributed by atoms with Crippen molar-refractivity contribution >= 4 is 11.6 Å². The van der Waals surface area contributed by atoms with Gasteiger partial charge in [-0.3, -0.25) is 4.79 Å². The minimum atomic E-state index is -0.401. The average molecular weight is 207 g/mol. The third kappa shape index (κ3) is 3.59. The molecule has 4 N–H and O–H groups in total. The molecule has 0 saturated carbocycles. The summed E-state index contributed by atoms with van der Waals surface area (Å²) in [6.45, 7) is 4.64. The topological polar surface area (TPSA) is 67.2 Å². The fourth-order valence-electron chi connectivity index (χ4n) is 1.31. The molecule has 4 heteroatoms. The second-order valence-electron chi connectivity index (χ2n) is 3.19. The SMILES string of the molecule is CCNCCNc1ccccc1C(N)=O. The van der Waals surface area contributed by atoms with Gasteiger partial charge in [0.15, 0.2) is 0 Å². The Labute approximate surface area is 89.9 Å². The van der Waals surface area contributed by atoms with Crippen LogP contribution in [-0.2, 0) is 0 Å². The van der Waals surface area contributed by atoms with Crippen LogP contribution in [0.5, 0.6) is 0 Å². The van der Waals surface area contributed by atoms with Crippen molar-refractivity contribution in [2.75, 3.05) is 25.0 Å². The summed E-state index contributed by atoms with van der Waals surface area (Å²) >= 11 is 0. The lowest BCUT2D eigenvalue weighted by molar-refractivity contribution is 0.100. The second-order valence-corrected chi connectivity index (χ2v) is 3.19. The van der Waals surface area contributed by atoms with E-state index in [9.17, 15) is 4.79 Å². The smallest absolute Gasteiger partial charge is 0.250 e. The molecule has 15 heavy (non-hydrogen) atoms. The van der Waals surface area contributed by atoms with Gasteiger partial charge in [-0.15, -0.1) is 0 Å². The van der Waals surface area contributed by atoms with Crippen LogP contribution in [0.1, 0.15) is 17.3 Å². The fraction of sp³-hybridized carbons (Fsp3) is 0.364. The number of para-hydroxylation sites is 1. The Balaban J connectivity index is 2.56. The maximum Gasteiger partial charge on any atom is 0.250 e. The number of hydrogen-bond acceptors (Lipinski definition) is 3. The van der Waals surface area contributed by atoms with Gasteiger partial charge in [-0.2, -0.15) is 0 Å². The van der Waals surface area contributed by atoms with Crippen molar-refractivity contribution in [3.63, 3.8) is 0 Å². The molecule has 0 aliphatic rings. The van der Waals surface area contributed by atoms with Crippen LogP contribution in [0.15, 0.2) is 24.3 Å². The van der Waals surface area contributed by atoms with Crippen molar-refractivity contribution in [1.29, 1.82) is 0 Å². The third-order valence-electron chi connectivity index (χ3n) is 2.06. The van der Waals surface area contributed by atoms with Crippen LogP contribution in [0.2, 0.25) is 0 Å². The summed E-state index contributed by atoms with van der Waals surface area (Å²) in [5.74, 6) is -0.401. The summed E-state index contributed by atoms with van der Waals surface area (Å²) in [7, 11) is 0. The van der Waals surface area contributed by atoms with Gasteiger partial charge in [0.05, 0.1) is 5.56 Å². The molecule has 0 unspecified atom stereocenters. The van der Waals surface area contributed by atoms with Crippen LogP contribution in [0.4, 0.5) is 5.69 Å². The van der Waals surface area contributed by atoms with Gasteiger partial charge in [0.25, 0.3) is 5.91 Å². The molecule has 1 aromatic carbocycles. The number of nitrogens with two attached hydrogens (primary N) is 1. The number of nitrogens with one attached hydrogen (secondary N) is 2. The van der Waals surface area contributed by atoms with Crippen molar-refractivity contribution in [2.24, 2.45) is 5.73 Å². The zero-order valence-electron chi connectivity index (χ0n) is 8.92. The Morgan fingerprint density at radius 2 is 2.07 bits per heavy atom. The minimum absolute atomic E-state index is 0.401. The molecule has 0 saturated heterocycles. The van der Waals surface area contributed by atoms with E-state index in [1.165, 1.54) is 0 Å². The van der Waals surface area contributed by atoms with Crippen LogP contribution < -0.4 is 16.4 Å². The minimum Gasteiger partial charge on any atom is -0.383 e. The quantitative estimate of drug-likeness (QED) is 0.605. The molecule has 0 aliphatic heterocycles. The van der Waals surface area contributed by atoms with Crippen LogP contribution in [0, 0.1) is 0 Å². The second kappa shape index (κ2) is 6.03. The summed E-state index contributed by atoms with van der Waals surface area (Å²) in [5.41, 5.74) is 6.58. The van der Waals surface area contributed by atoms with Gasteiger partial charge in [0.2, 0.25) is 0 Å². The lowest BCUT2D eigenvalue weighted by Gasteiger charge is -2.09. The Bertz CT molecular complexity index is 325. The number of likely N-dealkylation sites (N-methyl/N-ethyl adjacent to an activating group) is 1. The first-order chi connectivity index (χ1) is 7.25. The number of carbonyl (C=O) groups excluding carboxylic acids is 1. The highest BCUT2D eigenvalue weighted by atomic mass is 16.1. The summed E-state index contributed by atoms with van der Waals surface area (Å²) < 4.78 is 0. The maximum atomic E-state index is 11.1. The van der Waals surface area contributed by atoms with Gasteiger partial charge < -0.3 is 16.4 Å². The molecule has 0 aromatic heterocycles. The number of amides is 1. The molecule has 0 aliphatic carbocycles. The Hall–Kier alpha value is -1.55. The molecule has 1 aromatic rings. The van der Waals surface area contributed by atoms with Crippen molar-refractivity contribution in [1.82, 2.24) is 5.32 Å². The number of benzene rings is 1. The lowest BCUT2D eigenvalue weighted by atomic mass is 10.1. The first-order valence-electron chi connectivity index (χ1n) is 5.09. The van der Waals surface area contributed by atoms with E-state index in [1.807, 2.05) is 12.1 Å². The van der Waals surface area contributed by atoms with E-state index in [0.29, 0.717) is 5.56 Å². The predicted octanol–water partition coefficient (Wildman–Crippen LogP) is 0.807. The molecule has 0 radical (unpaired) electrons. The predicted molar refractivity (Wildman–Crippen MR) is 62.0 cm³/mol. The van der Waals surface area contributed by atoms with E-state index >= 15 is 0 Å². The molecule has 1 rings (SSSR count). The highest BCUT2D eigenvalue weighted by molar-refractivity contribution is 5.98. The molecule has 0 fully saturated rings. The van der Waals surface area contributed by atoms with E-state index in [2.05, 4.69) is 17.6 Å². The fourth-order valence-corrected chi connectivity index (χ4v) is 1.31. The van der Waals surface area contributed by atoms with Crippen molar-refractivity contribution in [3.8, 4) is 0 Å². The van der Waals surface area contributed by atoms with E-state index < -0.39 is 5.91 Å². The Morgan fingerprint density at radius 1 is 1.33 bits per heavy atom. The molecule has 0 atom stereocenters. The highest BCUT2D eigenvalue weighted by Crippen LogP contribution is 2.13. The number of anilines is 1. The van der Waals surface area contributed by atoms with Crippen LogP contribution >= 0.6 is 0 Å². The number of hydrogen-bond donors (Lipinski definition) is 3. The molecule has 1 amide bonds. The number of rotatable bonds is 6. The van der Waals surface area contributed by atoms with Crippen LogP contribution in [0.25, 0.3) is 0 Å². The highest BCUT2D eigenvalue weighted by Gasteiger charge is 2.05. The van der Waals surface area contributed by atoms with Crippen molar-refractivity contribution in [3.05, 3.63) is 29.8 Å². The van der Waals surface area contributed by atoms with Gasteiger partial charge >= 0.3 is 0 Å². The largest absolute Gasteiger partial charge is 0.383 e. The third-order valence-corrected chi connectivity index (χ3v) is 2.06. The molecule has 0 bridgehead atoms. The molecule has 4 nitrogen and oxygen atoms in total. The Kier molecular flexibility index (Phi) is 4.63. The number of carbonyl (C=O) groups is 1. The standard InChI is InChI=1S/C11H17N3O/c1-2-13-7-8-14-10-6-4-3-5-9(10)11(12)15/h3-6,13-14H,2,7-8H2,1H3,(H2,12,15). The molecular formula is C11H17N3O. The Morgan fingerprint density at radius 3 is 2.73 bits per heavy atom. The van der Waals surface area contributed by atoms with E-state index in [1.54, 1.807) is 12.1 Å². The lowest BCUT2D eigenvalue weighted by Crippen LogP contribution is -2.23. The molecule has 0 spiro atoms. The van der Waals surface area contributed by atoms with Gasteiger partial charge in [-0.1, -0.05) is 19.1 Å². The van der Waals surface area contributed by atoms with Crippen molar-refractivity contribution < 1.29 is 4.79 Å². The summed E-state index contributed by atoms with van der Waals surface area (Å²) in [6, 6.07) is 7.25. The van der Waals surface area contributed by atoms with Gasteiger partial charge in [-0.05, 0) is 18.7 Å². The first kappa shape index (κ1) is 11.5. The zero-order valence-corrected chi connectivity index (χ0v) is 8.92. The molecule has 0 heterocycles. The first-order valence-corrected chi connectivity index (χ1v) is 5.09. The average Bonchev–Trinajstić information content (AvgIpc) is 2.25.